The summed E-state index contributed by atoms with van der Waals surface area (Å²) >= 11 is 1.11. The zero-order valence-corrected chi connectivity index (χ0v) is 16.6. The molecular formula is C19H25F3N2O3S. The molecule has 156 valence electrons. The van der Waals surface area contributed by atoms with E-state index < -0.39 is 35.9 Å². The van der Waals surface area contributed by atoms with Gasteiger partial charge in [-0.2, -0.15) is 24.9 Å². The molecule has 4 N–H and O–H groups in total. The first-order chi connectivity index (χ1) is 13.1. The van der Waals surface area contributed by atoms with Crippen LogP contribution >= 0.6 is 11.8 Å². The topological polar surface area (TPSA) is 96.4 Å². The van der Waals surface area contributed by atoms with Crippen molar-refractivity contribution in [1.29, 1.82) is 0 Å². The highest BCUT2D eigenvalue weighted by Gasteiger charge is 2.55. The van der Waals surface area contributed by atoms with E-state index >= 15 is 0 Å². The van der Waals surface area contributed by atoms with Gasteiger partial charge in [-0.25, -0.2) is 4.98 Å². The largest absolute Gasteiger partial charge is 0.480 e. The Morgan fingerprint density at radius 1 is 1.18 bits per heavy atom. The number of carboxylic acid groups (broad SMARTS) is 1. The van der Waals surface area contributed by atoms with Gasteiger partial charge in [-0.15, -0.1) is 0 Å². The minimum Gasteiger partial charge on any atom is -0.480 e. The lowest BCUT2D eigenvalue weighted by Gasteiger charge is -2.30. The van der Waals surface area contributed by atoms with E-state index in [1.54, 1.807) is 24.3 Å². The van der Waals surface area contributed by atoms with E-state index in [9.17, 15) is 23.1 Å². The molecule has 2 rings (SSSR count). The Kier molecular flexibility index (Phi) is 9.19. The van der Waals surface area contributed by atoms with Crippen LogP contribution in [0.5, 0.6) is 0 Å². The van der Waals surface area contributed by atoms with Crippen LogP contribution in [-0.4, -0.2) is 44.9 Å². The number of hydrogen-bond acceptors (Lipinski definition) is 5. The number of fused-ring (bicyclic) bond motifs is 1. The Morgan fingerprint density at radius 2 is 1.82 bits per heavy atom. The third-order valence-electron chi connectivity index (χ3n) is 3.99. The number of nitrogens with zero attached hydrogens (tertiary/aromatic N) is 1. The molecule has 0 saturated carbocycles. The number of aromatic nitrogens is 1. The Morgan fingerprint density at radius 3 is 2.43 bits per heavy atom. The van der Waals surface area contributed by atoms with Gasteiger partial charge in [-0.05, 0) is 36.5 Å². The number of hydrogen-bond donors (Lipinski definition) is 3. The first-order valence-corrected chi connectivity index (χ1v) is 10.0. The maximum atomic E-state index is 13.5. The van der Waals surface area contributed by atoms with Crippen LogP contribution in [0.1, 0.15) is 32.4 Å². The SMILES string of the molecule is CC.NC(CCSCCC(O)(c1ccc2ccccc2n1)C(F)(F)F)C(=O)O. The molecule has 1 aromatic carbocycles. The molecule has 2 aromatic rings. The van der Waals surface area contributed by atoms with E-state index in [4.69, 9.17) is 10.8 Å². The second-order valence-electron chi connectivity index (χ2n) is 5.84. The summed E-state index contributed by atoms with van der Waals surface area (Å²) in [6.07, 6.45) is -5.34. The van der Waals surface area contributed by atoms with E-state index in [1.165, 1.54) is 12.1 Å². The van der Waals surface area contributed by atoms with Gasteiger partial charge in [0.2, 0.25) is 5.60 Å². The van der Waals surface area contributed by atoms with Crippen molar-refractivity contribution in [3.8, 4) is 0 Å². The molecule has 0 aliphatic rings. The molecule has 0 bridgehead atoms. The molecule has 0 saturated heterocycles. The summed E-state index contributed by atoms with van der Waals surface area (Å²) < 4.78 is 40.6. The normalized spacial score (nSPS) is 14.7. The number of para-hydroxylation sites is 1. The van der Waals surface area contributed by atoms with Crippen molar-refractivity contribution in [2.45, 2.75) is 44.5 Å². The number of benzene rings is 1. The van der Waals surface area contributed by atoms with Crippen LogP contribution in [0.25, 0.3) is 10.9 Å². The lowest BCUT2D eigenvalue weighted by atomic mass is 9.94. The number of rotatable bonds is 8. The van der Waals surface area contributed by atoms with Crippen LogP contribution in [0, 0.1) is 0 Å². The van der Waals surface area contributed by atoms with Gasteiger partial charge in [0.1, 0.15) is 6.04 Å². The summed E-state index contributed by atoms with van der Waals surface area (Å²) in [5.41, 5.74) is 2.19. The van der Waals surface area contributed by atoms with Crippen molar-refractivity contribution in [2.24, 2.45) is 5.73 Å². The summed E-state index contributed by atoms with van der Waals surface area (Å²) in [7, 11) is 0. The van der Waals surface area contributed by atoms with Crippen LogP contribution in [0.2, 0.25) is 0 Å². The molecule has 0 aliphatic heterocycles. The first-order valence-electron chi connectivity index (χ1n) is 8.86. The summed E-state index contributed by atoms with van der Waals surface area (Å²) in [6.45, 7) is 4.00. The molecule has 1 heterocycles. The highest BCUT2D eigenvalue weighted by molar-refractivity contribution is 7.99. The van der Waals surface area contributed by atoms with E-state index in [-0.39, 0.29) is 17.9 Å². The molecule has 0 aliphatic carbocycles. The quantitative estimate of drug-likeness (QED) is 0.562. The fraction of sp³-hybridized carbons (Fsp3) is 0.474. The fourth-order valence-electron chi connectivity index (χ4n) is 2.37. The minimum atomic E-state index is -4.89. The molecule has 2 unspecified atom stereocenters. The van der Waals surface area contributed by atoms with Gasteiger partial charge in [-0.3, -0.25) is 4.79 Å². The van der Waals surface area contributed by atoms with Gasteiger partial charge in [0.05, 0.1) is 11.2 Å². The lowest BCUT2D eigenvalue weighted by Crippen LogP contribution is -2.43. The van der Waals surface area contributed by atoms with Crippen LogP contribution in [0.4, 0.5) is 13.2 Å². The number of thioether (sulfide) groups is 1. The van der Waals surface area contributed by atoms with Crippen LogP contribution in [-0.2, 0) is 10.4 Å². The van der Waals surface area contributed by atoms with Crippen LogP contribution < -0.4 is 5.73 Å². The number of pyridine rings is 1. The van der Waals surface area contributed by atoms with Crippen molar-refractivity contribution < 1.29 is 28.2 Å². The fourth-order valence-corrected chi connectivity index (χ4v) is 3.43. The van der Waals surface area contributed by atoms with Gasteiger partial charge in [-0.1, -0.05) is 38.1 Å². The third-order valence-corrected chi connectivity index (χ3v) is 5.01. The number of carboxylic acids is 1. The second kappa shape index (κ2) is 10.6. The lowest BCUT2D eigenvalue weighted by molar-refractivity contribution is -0.268. The van der Waals surface area contributed by atoms with Crippen molar-refractivity contribution in [3.05, 3.63) is 42.1 Å². The zero-order chi connectivity index (χ0) is 21.4. The molecule has 28 heavy (non-hydrogen) atoms. The summed E-state index contributed by atoms with van der Waals surface area (Å²) in [6, 6.07) is 8.34. The molecule has 0 spiro atoms. The molecular weight excluding hydrogens is 393 g/mol. The summed E-state index contributed by atoms with van der Waals surface area (Å²) in [5.74, 6) is -0.888. The molecule has 1 aromatic heterocycles. The van der Waals surface area contributed by atoms with Gasteiger partial charge < -0.3 is 15.9 Å². The molecule has 0 radical (unpaired) electrons. The van der Waals surface area contributed by atoms with Crippen molar-refractivity contribution in [3.63, 3.8) is 0 Å². The summed E-state index contributed by atoms with van der Waals surface area (Å²) in [5, 5.41) is 19.7. The predicted octanol–water partition coefficient (Wildman–Crippen LogP) is 3.94. The maximum Gasteiger partial charge on any atom is 0.423 e. The van der Waals surface area contributed by atoms with Crippen LogP contribution in [0.3, 0.4) is 0 Å². The van der Waals surface area contributed by atoms with Gasteiger partial charge in [0.25, 0.3) is 0 Å². The number of aliphatic hydroxyl groups is 1. The highest BCUT2D eigenvalue weighted by Crippen LogP contribution is 2.42. The number of aliphatic carboxylic acids is 1. The highest BCUT2D eigenvalue weighted by atomic mass is 32.2. The minimum absolute atomic E-state index is 0.0170. The van der Waals surface area contributed by atoms with E-state index in [0.29, 0.717) is 10.9 Å². The monoisotopic (exact) mass is 418 g/mol. The predicted molar refractivity (Wildman–Crippen MR) is 105 cm³/mol. The summed E-state index contributed by atoms with van der Waals surface area (Å²) in [4.78, 5) is 14.6. The zero-order valence-electron chi connectivity index (χ0n) is 15.7. The standard InChI is InChI=1S/C17H19F3N2O3S.C2H6/c18-17(19,20)16(25,8-10-26-9-7-12(21)15(23)24)14-6-5-11-3-1-2-4-13(11)22-14;1-2/h1-6,12,25H,7-10,21H2,(H,23,24);1-2H3. The van der Waals surface area contributed by atoms with Gasteiger partial charge >= 0.3 is 12.1 Å². The Labute approximate surface area is 166 Å². The Hall–Kier alpha value is -1.84. The average Bonchev–Trinajstić information content (AvgIpc) is 2.67. The first kappa shape index (κ1) is 24.2. The van der Waals surface area contributed by atoms with Crippen LogP contribution in [0.15, 0.2) is 36.4 Å². The molecule has 9 heteroatoms. The smallest absolute Gasteiger partial charge is 0.423 e. The molecule has 2 atom stereocenters. The number of nitrogens with two attached hydrogens (primary N) is 1. The maximum absolute atomic E-state index is 13.5. The number of carbonyl (C=O) groups is 1. The third kappa shape index (κ3) is 6.08. The van der Waals surface area contributed by atoms with Crippen molar-refractivity contribution >= 4 is 28.6 Å². The Balaban J connectivity index is 0.00000190. The van der Waals surface area contributed by atoms with Gasteiger partial charge in [0, 0.05) is 5.39 Å². The van der Waals surface area contributed by atoms with Gasteiger partial charge in [0.15, 0.2) is 0 Å². The van der Waals surface area contributed by atoms with E-state index in [2.05, 4.69) is 4.98 Å². The Bertz CT molecular complexity index is 773. The van der Waals surface area contributed by atoms with Crippen molar-refractivity contribution in [2.75, 3.05) is 11.5 Å². The molecule has 5 nitrogen and oxygen atoms in total. The molecule has 0 amide bonds. The average molecular weight is 418 g/mol. The number of halogens is 3. The number of alkyl halides is 3. The molecule has 0 fully saturated rings. The van der Waals surface area contributed by atoms with Crippen molar-refractivity contribution in [1.82, 2.24) is 4.98 Å². The van der Waals surface area contributed by atoms with E-state index in [0.717, 1.165) is 11.8 Å². The van der Waals surface area contributed by atoms with E-state index in [1.807, 2.05) is 13.8 Å². The second-order valence-corrected chi connectivity index (χ2v) is 7.07.